The third-order valence-electron chi connectivity index (χ3n) is 4.71. The Labute approximate surface area is 195 Å². The summed E-state index contributed by atoms with van der Waals surface area (Å²) in [5.74, 6) is 0. The van der Waals surface area contributed by atoms with Crippen LogP contribution in [0, 0.1) is 5.41 Å². The number of amides is 1. The van der Waals surface area contributed by atoms with E-state index in [2.05, 4.69) is 5.32 Å². The van der Waals surface area contributed by atoms with Gasteiger partial charge < -0.3 is 10.1 Å². The molecule has 1 amide bonds. The van der Waals surface area contributed by atoms with Gasteiger partial charge in [-0.15, -0.1) is 0 Å². The highest BCUT2D eigenvalue weighted by molar-refractivity contribution is 8.10. The summed E-state index contributed by atoms with van der Waals surface area (Å²) in [4.78, 5) is 11.5. The van der Waals surface area contributed by atoms with Crippen LogP contribution in [0.15, 0.2) is 70.5 Å². The fourth-order valence-corrected chi connectivity index (χ4v) is 8.07. The maximum absolute atomic E-state index is 17.2. The molecule has 10 heteroatoms. The predicted octanol–water partition coefficient (Wildman–Crippen LogP) is 4.50. The number of benzene rings is 2. The van der Waals surface area contributed by atoms with Gasteiger partial charge in [-0.1, -0.05) is 57.2 Å². The van der Waals surface area contributed by atoms with E-state index in [4.69, 9.17) is 4.74 Å². The average Bonchev–Trinajstić information content (AvgIpc) is 2.70. The number of carbonyl (C=O) groups is 1. The number of alkyl halides is 1. The summed E-state index contributed by atoms with van der Waals surface area (Å²) in [5, 5.41) is 2.21. The van der Waals surface area contributed by atoms with Gasteiger partial charge in [0.2, 0.25) is 19.7 Å². The molecule has 0 saturated heterocycles. The fourth-order valence-electron chi connectivity index (χ4n) is 3.22. The summed E-state index contributed by atoms with van der Waals surface area (Å²) < 4.78 is 73.2. The molecule has 0 unspecified atom stereocenters. The van der Waals surface area contributed by atoms with Crippen LogP contribution in [0.2, 0.25) is 0 Å². The fraction of sp³-hybridized carbons (Fsp3) is 0.435. The van der Waals surface area contributed by atoms with E-state index in [0.29, 0.717) is 0 Å². The molecule has 0 fully saturated rings. The minimum absolute atomic E-state index is 0.535. The third-order valence-corrected chi connectivity index (χ3v) is 9.75. The number of halogens is 1. The second kappa shape index (κ2) is 9.06. The maximum atomic E-state index is 17.2. The lowest BCUT2D eigenvalue weighted by atomic mass is 9.87. The monoisotopic (exact) mass is 499 g/mol. The number of sulfone groups is 2. The second-order valence-electron chi connectivity index (χ2n) is 9.66. The van der Waals surface area contributed by atoms with E-state index in [1.807, 2.05) is 0 Å². The summed E-state index contributed by atoms with van der Waals surface area (Å²) >= 11 is 0. The van der Waals surface area contributed by atoms with Gasteiger partial charge in [0.15, 0.2) is 0 Å². The lowest BCUT2D eigenvalue weighted by Crippen LogP contribution is -2.63. The Balaban J connectivity index is 2.86. The molecule has 0 radical (unpaired) electrons. The molecule has 0 heterocycles. The smallest absolute Gasteiger partial charge is 0.408 e. The van der Waals surface area contributed by atoms with Gasteiger partial charge >= 0.3 is 10.4 Å². The van der Waals surface area contributed by atoms with E-state index in [0.717, 1.165) is 24.3 Å². The number of hydrogen-bond acceptors (Lipinski definition) is 6. The highest BCUT2D eigenvalue weighted by Gasteiger charge is 2.66. The Hall–Kier alpha value is -2.46. The number of nitrogens with one attached hydrogen (secondary N) is 1. The van der Waals surface area contributed by atoms with Gasteiger partial charge in [0.1, 0.15) is 11.6 Å². The molecule has 0 aromatic heterocycles. The van der Waals surface area contributed by atoms with E-state index >= 15 is 4.39 Å². The number of alkyl carbamates (subject to hydrolysis) is 1. The Kier molecular flexibility index (Phi) is 7.35. The molecule has 2 aromatic rings. The van der Waals surface area contributed by atoms with Gasteiger partial charge in [-0.05, 0) is 50.5 Å². The molecule has 0 saturated carbocycles. The Bertz CT molecular complexity index is 1110. The zero-order valence-electron chi connectivity index (χ0n) is 19.5. The lowest BCUT2D eigenvalue weighted by molar-refractivity contribution is 0.0415. The van der Waals surface area contributed by atoms with Gasteiger partial charge in [-0.2, -0.15) is 0 Å². The van der Waals surface area contributed by atoms with Crippen LogP contribution < -0.4 is 5.32 Å². The van der Waals surface area contributed by atoms with Crippen LogP contribution in [0.1, 0.15) is 41.5 Å². The first kappa shape index (κ1) is 26.8. The van der Waals surface area contributed by atoms with Crippen LogP contribution in [0.4, 0.5) is 9.18 Å². The Morgan fingerprint density at radius 3 is 1.45 bits per heavy atom. The van der Waals surface area contributed by atoms with Gasteiger partial charge in [-0.25, -0.2) is 26.0 Å². The molecule has 2 aromatic carbocycles. The molecule has 33 heavy (non-hydrogen) atoms. The van der Waals surface area contributed by atoms with Crippen LogP contribution in [0.5, 0.6) is 0 Å². The Morgan fingerprint density at radius 2 is 1.15 bits per heavy atom. The number of rotatable bonds is 6. The van der Waals surface area contributed by atoms with Crippen molar-refractivity contribution in [2.24, 2.45) is 5.41 Å². The molecule has 1 atom stereocenters. The summed E-state index contributed by atoms with van der Waals surface area (Å²) in [6.45, 7) is 9.02. The quantitative estimate of drug-likeness (QED) is 0.627. The van der Waals surface area contributed by atoms with Gasteiger partial charge in [-0.3, -0.25) is 0 Å². The molecule has 2 rings (SSSR count). The Morgan fingerprint density at radius 1 is 0.788 bits per heavy atom. The summed E-state index contributed by atoms with van der Waals surface area (Å²) in [7, 11) is -10.4. The van der Waals surface area contributed by atoms with Crippen molar-refractivity contribution >= 4 is 25.8 Å². The highest BCUT2D eigenvalue weighted by atomic mass is 32.3. The van der Waals surface area contributed by atoms with Crippen molar-refractivity contribution in [3.05, 3.63) is 60.7 Å². The molecular weight excluding hydrogens is 469 g/mol. The molecule has 1 N–H and O–H groups in total. The number of ether oxygens (including phenoxy) is 1. The molecule has 0 bridgehead atoms. The second-order valence-corrected chi connectivity index (χ2v) is 14.1. The van der Waals surface area contributed by atoms with E-state index in [9.17, 15) is 21.6 Å². The van der Waals surface area contributed by atoms with Crippen molar-refractivity contribution in [2.75, 3.05) is 0 Å². The van der Waals surface area contributed by atoms with Crippen LogP contribution in [-0.2, 0) is 24.4 Å². The molecular formula is C23H30FNO6S2. The SMILES string of the molecule is CC(C)(C)OC(=O)N[C@@H](C(C)(C)C)C(F)(S(=O)(=O)c1ccccc1)S(=O)(=O)c1ccccc1. The molecule has 7 nitrogen and oxygen atoms in total. The first-order valence-electron chi connectivity index (χ1n) is 10.2. The summed E-state index contributed by atoms with van der Waals surface area (Å²) in [5.41, 5.74) is -2.35. The molecule has 0 spiro atoms. The first-order valence-corrected chi connectivity index (χ1v) is 13.2. The van der Waals surface area contributed by atoms with Crippen molar-refractivity contribution in [2.45, 2.75) is 67.3 Å². The predicted molar refractivity (Wildman–Crippen MR) is 124 cm³/mol. The van der Waals surface area contributed by atoms with Gasteiger partial charge in [0, 0.05) is 0 Å². The lowest BCUT2D eigenvalue weighted by Gasteiger charge is -2.40. The maximum Gasteiger partial charge on any atom is 0.408 e. The minimum atomic E-state index is -5.20. The molecule has 0 aliphatic heterocycles. The zero-order chi connectivity index (χ0) is 25.3. The standard InChI is InChI=1S/C23H30FNO6S2/c1-21(2,3)19(25-20(26)31-22(4,5)6)23(24,32(27,28)17-13-9-7-10-14-17)33(29,30)18-15-11-8-12-16-18/h7-16,19H,1-6H3,(H,25,26)/t19-/m0/s1. The van der Waals surface area contributed by atoms with Crippen molar-refractivity contribution in [3.63, 3.8) is 0 Å². The van der Waals surface area contributed by atoms with Crippen LogP contribution in [0.3, 0.4) is 0 Å². The molecule has 0 aliphatic rings. The van der Waals surface area contributed by atoms with Crippen molar-refractivity contribution in [1.29, 1.82) is 0 Å². The molecule has 0 aliphatic carbocycles. The van der Waals surface area contributed by atoms with Crippen LogP contribution >= 0.6 is 0 Å². The van der Waals surface area contributed by atoms with E-state index in [1.165, 1.54) is 57.2 Å². The summed E-state index contributed by atoms with van der Waals surface area (Å²) in [6.07, 6.45) is -1.14. The van der Waals surface area contributed by atoms with Crippen molar-refractivity contribution in [1.82, 2.24) is 5.32 Å². The van der Waals surface area contributed by atoms with E-state index in [-0.39, 0.29) is 0 Å². The number of carbonyl (C=O) groups excluding carboxylic acids is 1. The normalized spacial score (nSPS) is 14.4. The van der Waals surface area contributed by atoms with Gasteiger partial charge in [0.05, 0.1) is 9.79 Å². The first-order chi connectivity index (χ1) is 14.9. The van der Waals surface area contributed by atoms with E-state index < -0.39 is 56.9 Å². The zero-order valence-corrected chi connectivity index (χ0v) is 21.1. The van der Waals surface area contributed by atoms with Gasteiger partial charge in [0.25, 0.3) is 0 Å². The number of hydrogen-bond donors (Lipinski definition) is 1. The third kappa shape index (κ3) is 5.38. The minimum Gasteiger partial charge on any atom is -0.444 e. The average molecular weight is 500 g/mol. The topological polar surface area (TPSA) is 107 Å². The molecule has 182 valence electrons. The van der Waals surface area contributed by atoms with Crippen molar-refractivity contribution < 1.29 is 30.8 Å². The summed E-state index contributed by atoms with van der Waals surface area (Å²) in [6, 6.07) is 10.9. The highest BCUT2D eigenvalue weighted by Crippen LogP contribution is 2.45. The van der Waals surface area contributed by atoms with Crippen molar-refractivity contribution in [3.8, 4) is 0 Å². The largest absolute Gasteiger partial charge is 0.444 e. The van der Waals surface area contributed by atoms with Crippen LogP contribution in [0.25, 0.3) is 0 Å². The van der Waals surface area contributed by atoms with Crippen LogP contribution in [-0.4, -0.2) is 38.9 Å². The van der Waals surface area contributed by atoms with E-state index in [1.54, 1.807) is 20.8 Å².